The molecule has 2 aromatic heterocycles. The van der Waals surface area contributed by atoms with Gasteiger partial charge in [-0.3, -0.25) is 15.0 Å². The van der Waals surface area contributed by atoms with Crippen molar-refractivity contribution >= 4 is 28.8 Å². The minimum Gasteiger partial charge on any atom is -0.361 e. The maximum Gasteiger partial charge on any atom is 0.329 e. The van der Waals surface area contributed by atoms with Crippen LogP contribution in [-0.2, 0) is 6.54 Å². The van der Waals surface area contributed by atoms with E-state index in [2.05, 4.69) is 42.6 Å². The molecule has 1 saturated carbocycles. The maximum absolute atomic E-state index is 11.2. The number of thiophene rings is 1. The Balaban J connectivity index is 1.42. The van der Waals surface area contributed by atoms with Crippen LogP contribution in [0.3, 0.4) is 0 Å². The highest BCUT2D eigenvalue weighted by Gasteiger charge is 2.28. The number of hydrogen-bond donors (Lipinski definition) is 1. The Hall–Kier alpha value is -2.26. The lowest BCUT2D eigenvalue weighted by Gasteiger charge is -2.34. The maximum atomic E-state index is 11.2. The SMILES string of the molecule is O=[N+]([O-])c1cnc(N2CCN(Cc3cccs3)CC2)nc1NC1CC1. The van der Waals surface area contributed by atoms with Crippen LogP contribution in [0.5, 0.6) is 0 Å². The second kappa shape index (κ2) is 6.93. The molecule has 0 amide bonds. The van der Waals surface area contributed by atoms with Gasteiger partial charge in [-0.2, -0.15) is 4.98 Å². The van der Waals surface area contributed by atoms with Gasteiger partial charge in [0.25, 0.3) is 0 Å². The molecular formula is C16H20N6O2S. The highest BCUT2D eigenvalue weighted by Crippen LogP contribution is 2.30. The summed E-state index contributed by atoms with van der Waals surface area (Å²) in [4.78, 5) is 25.3. The van der Waals surface area contributed by atoms with Crippen molar-refractivity contribution in [2.45, 2.75) is 25.4 Å². The van der Waals surface area contributed by atoms with Crippen LogP contribution < -0.4 is 10.2 Å². The molecule has 3 heterocycles. The molecule has 0 aromatic carbocycles. The first-order valence-electron chi connectivity index (χ1n) is 8.47. The minimum absolute atomic E-state index is 0.0491. The number of nitro groups is 1. The number of nitrogens with zero attached hydrogens (tertiary/aromatic N) is 5. The monoisotopic (exact) mass is 360 g/mol. The van der Waals surface area contributed by atoms with E-state index in [-0.39, 0.29) is 5.69 Å². The van der Waals surface area contributed by atoms with E-state index in [9.17, 15) is 10.1 Å². The number of anilines is 2. The molecule has 0 bridgehead atoms. The predicted molar refractivity (Wildman–Crippen MR) is 97.1 cm³/mol. The molecule has 1 N–H and O–H groups in total. The van der Waals surface area contributed by atoms with Crippen LogP contribution in [0.1, 0.15) is 17.7 Å². The number of piperazine rings is 1. The standard InChI is InChI=1S/C16H20N6O2S/c23-22(24)14-10-17-16(19-15(14)18-12-3-4-12)21-7-5-20(6-8-21)11-13-2-1-9-25-13/h1-2,9-10,12H,3-8,11H2,(H,17,18,19). The molecule has 2 aromatic rings. The minimum atomic E-state index is -0.423. The van der Waals surface area contributed by atoms with E-state index in [4.69, 9.17) is 0 Å². The van der Waals surface area contributed by atoms with Crippen molar-refractivity contribution in [2.75, 3.05) is 36.4 Å². The number of aromatic nitrogens is 2. The van der Waals surface area contributed by atoms with Gasteiger partial charge in [0, 0.05) is 43.6 Å². The quantitative estimate of drug-likeness (QED) is 0.625. The zero-order chi connectivity index (χ0) is 17.2. The van der Waals surface area contributed by atoms with Crippen LogP contribution in [0.4, 0.5) is 17.5 Å². The molecule has 1 aliphatic carbocycles. The van der Waals surface area contributed by atoms with E-state index >= 15 is 0 Å². The van der Waals surface area contributed by atoms with Gasteiger partial charge in [-0.25, -0.2) is 4.98 Å². The summed E-state index contributed by atoms with van der Waals surface area (Å²) in [5.41, 5.74) is -0.0491. The molecule has 1 saturated heterocycles. The van der Waals surface area contributed by atoms with Gasteiger partial charge < -0.3 is 10.2 Å². The first-order chi connectivity index (χ1) is 12.2. The summed E-state index contributed by atoms with van der Waals surface area (Å²) in [6.07, 6.45) is 3.40. The fraction of sp³-hybridized carbons (Fsp3) is 0.500. The van der Waals surface area contributed by atoms with Gasteiger partial charge in [0.2, 0.25) is 11.8 Å². The van der Waals surface area contributed by atoms with Gasteiger partial charge in [-0.05, 0) is 24.3 Å². The molecule has 1 aliphatic heterocycles. The summed E-state index contributed by atoms with van der Waals surface area (Å²) in [5, 5.41) is 16.4. The van der Waals surface area contributed by atoms with Crippen molar-refractivity contribution in [1.29, 1.82) is 0 Å². The van der Waals surface area contributed by atoms with Crippen LogP contribution in [-0.4, -0.2) is 52.0 Å². The van der Waals surface area contributed by atoms with Gasteiger partial charge >= 0.3 is 5.69 Å². The molecule has 0 radical (unpaired) electrons. The van der Waals surface area contributed by atoms with Crippen LogP contribution in [0, 0.1) is 10.1 Å². The average Bonchev–Trinajstić information content (AvgIpc) is 3.28. The summed E-state index contributed by atoms with van der Waals surface area (Å²) in [6.45, 7) is 4.49. The van der Waals surface area contributed by atoms with E-state index in [1.807, 2.05) is 0 Å². The lowest BCUT2D eigenvalue weighted by Crippen LogP contribution is -2.46. The summed E-state index contributed by atoms with van der Waals surface area (Å²) < 4.78 is 0. The van der Waals surface area contributed by atoms with Gasteiger partial charge in [0.15, 0.2) is 0 Å². The number of nitrogens with one attached hydrogen (secondary N) is 1. The number of rotatable bonds is 6. The third kappa shape index (κ3) is 3.88. The van der Waals surface area contributed by atoms with Crippen molar-refractivity contribution in [1.82, 2.24) is 14.9 Å². The molecule has 0 unspecified atom stereocenters. The highest BCUT2D eigenvalue weighted by atomic mass is 32.1. The Morgan fingerprint density at radius 3 is 2.76 bits per heavy atom. The van der Waals surface area contributed by atoms with Crippen molar-refractivity contribution in [3.8, 4) is 0 Å². The summed E-state index contributed by atoms with van der Waals surface area (Å²) in [5.74, 6) is 0.919. The Labute approximate surface area is 149 Å². The smallest absolute Gasteiger partial charge is 0.329 e. The fourth-order valence-corrected chi connectivity index (χ4v) is 3.65. The van der Waals surface area contributed by atoms with E-state index in [1.165, 1.54) is 11.1 Å². The number of hydrogen-bond acceptors (Lipinski definition) is 8. The topological polar surface area (TPSA) is 87.4 Å². The van der Waals surface area contributed by atoms with Gasteiger partial charge in [-0.15, -0.1) is 11.3 Å². The van der Waals surface area contributed by atoms with Crippen molar-refractivity contribution < 1.29 is 4.92 Å². The largest absolute Gasteiger partial charge is 0.361 e. The predicted octanol–water partition coefficient (Wildman–Crippen LogP) is 2.34. The molecule has 132 valence electrons. The van der Waals surface area contributed by atoms with Crippen LogP contribution in [0.25, 0.3) is 0 Å². The van der Waals surface area contributed by atoms with E-state index < -0.39 is 4.92 Å². The average molecular weight is 360 g/mol. The third-order valence-corrected chi connectivity index (χ3v) is 5.35. The summed E-state index contributed by atoms with van der Waals surface area (Å²) in [7, 11) is 0. The Bertz CT molecular complexity index is 741. The van der Waals surface area contributed by atoms with Gasteiger partial charge in [-0.1, -0.05) is 6.07 Å². The third-order valence-electron chi connectivity index (χ3n) is 4.49. The molecule has 0 atom stereocenters. The van der Waals surface area contributed by atoms with Gasteiger partial charge in [0.1, 0.15) is 6.20 Å². The van der Waals surface area contributed by atoms with Crippen LogP contribution >= 0.6 is 11.3 Å². The molecule has 0 spiro atoms. The molecule has 4 rings (SSSR count). The first-order valence-corrected chi connectivity index (χ1v) is 9.34. The van der Waals surface area contributed by atoms with Crippen LogP contribution in [0.15, 0.2) is 23.7 Å². The van der Waals surface area contributed by atoms with Crippen molar-refractivity contribution in [2.24, 2.45) is 0 Å². The molecule has 25 heavy (non-hydrogen) atoms. The summed E-state index contributed by atoms with van der Waals surface area (Å²) >= 11 is 1.78. The first kappa shape index (κ1) is 16.2. The second-order valence-electron chi connectivity index (χ2n) is 6.42. The molecule has 9 heteroatoms. The summed E-state index contributed by atoms with van der Waals surface area (Å²) in [6, 6.07) is 4.55. The molecular weight excluding hydrogens is 340 g/mol. The Morgan fingerprint density at radius 1 is 1.32 bits per heavy atom. The van der Waals surface area contributed by atoms with Crippen molar-refractivity contribution in [3.05, 3.63) is 38.7 Å². The van der Waals surface area contributed by atoms with Crippen LogP contribution in [0.2, 0.25) is 0 Å². The fourth-order valence-electron chi connectivity index (χ4n) is 2.91. The normalized spacial score (nSPS) is 18.3. The highest BCUT2D eigenvalue weighted by molar-refractivity contribution is 7.09. The van der Waals surface area contributed by atoms with E-state index in [0.29, 0.717) is 17.8 Å². The van der Waals surface area contributed by atoms with Gasteiger partial charge in [0.05, 0.1) is 4.92 Å². The van der Waals surface area contributed by atoms with E-state index in [1.54, 1.807) is 11.3 Å². The Morgan fingerprint density at radius 2 is 2.12 bits per heavy atom. The van der Waals surface area contributed by atoms with Crippen molar-refractivity contribution in [3.63, 3.8) is 0 Å². The Kier molecular flexibility index (Phi) is 4.50. The zero-order valence-corrected chi connectivity index (χ0v) is 14.6. The molecule has 2 fully saturated rings. The van der Waals surface area contributed by atoms with E-state index in [0.717, 1.165) is 45.6 Å². The molecule has 8 nitrogen and oxygen atoms in total. The zero-order valence-electron chi connectivity index (χ0n) is 13.8. The lowest BCUT2D eigenvalue weighted by atomic mass is 10.3. The molecule has 2 aliphatic rings. The second-order valence-corrected chi connectivity index (χ2v) is 7.45. The lowest BCUT2D eigenvalue weighted by molar-refractivity contribution is -0.384.